The lowest BCUT2D eigenvalue weighted by molar-refractivity contribution is 0.0521. The average Bonchev–Trinajstić information content (AvgIpc) is 2.72. The number of esters is 1. The molecule has 0 unspecified atom stereocenters. The van der Waals surface area contributed by atoms with Gasteiger partial charge >= 0.3 is 5.97 Å². The van der Waals surface area contributed by atoms with Crippen LogP contribution in [0.5, 0.6) is 0 Å². The summed E-state index contributed by atoms with van der Waals surface area (Å²) in [6.45, 7) is 8.49. The van der Waals surface area contributed by atoms with Crippen LogP contribution in [0.3, 0.4) is 0 Å². The average molecular weight is 283 g/mol. The smallest absolute Gasteiger partial charge is 0.360 e. The number of rotatable bonds is 8. The van der Waals surface area contributed by atoms with E-state index in [-0.39, 0.29) is 5.69 Å². The molecule has 0 amide bonds. The minimum absolute atomic E-state index is 0.229. The fourth-order valence-corrected chi connectivity index (χ4v) is 2.35. The van der Waals surface area contributed by atoms with Gasteiger partial charge in [-0.05, 0) is 6.92 Å². The quantitative estimate of drug-likeness (QED) is 0.449. The van der Waals surface area contributed by atoms with E-state index in [1.54, 1.807) is 18.7 Å². The summed E-state index contributed by atoms with van der Waals surface area (Å²) in [6.07, 6.45) is 2.60. The number of thioether (sulfide) groups is 1. The molecule has 1 aromatic rings. The molecule has 1 heterocycles. The van der Waals surface area contributed by atoms with Gasteiger partial charge in [0.2, 0.25) is 0 Å². The molecule has 1 aromatic heterocycles. The molecule has 0 spiro atoms. The van der Waals surface area contributed by atoms with Crippen LogP contribution in [0.4, 0.5) is 5.82 Å². The Balaban J connectivity index is 2.84. The van der Waals surface area contributed by atoms with E-state index in [0.29, 0.717) is 12.4 Å². The molecule has 0 radical (unpaired) electrons. The fourth-order valence-electron chi connectivity index (χ4n) is 1.71. The zero-order chi connectivity index (χ0) is 14.3. The van der Waals surface area contributed by atoms with Crippen LogP contribution in [0.25, 0.3) is 0 Å². The molecule has 0 bridgehead atoms. The number of nitrogens with two attached hydrogens (primary N) is 1. The second-order valence-corrected chi connectivity index (χ2v) is 5.00. The summed E-state index contributed by atoms with van der Waals surface area (Å²) < 4.78 is 6.84. The fraction of sp³-hybridized carbons (Fsp3) is 0.538. The molecular formula is C13H21N3O2S. The number of anilines is 1. The Morgan fingerprint density at radius 3 is 2.89 bits per heavy atom. The van der Waals surface area contributed by atoms with Crippen LogP contribution in [0.1, 0.15) is 30.2 Å². The Morgan fingerprint density at radius 2 is 2.32 bits per heavy atom. The normalized spacial score (nSPS) is 10.4. The minimum Gasteiger partial charge on any atom is -0.461 e. The van der Waals surface area contributed by atoms with Crippen molar-refractivity contribution in [2.24, 2.45) is 0 Å². The molecule has 1 rings (SSSR count). The molecule has 0 aromatic carbocycles. The van der Waals surface area contributed by atoms with Crippen LogP contribution in [0.2, 0.25) is 0 Å². The highest BCUT2D eigenvalue weighted by Crippen LogP contribution is 2.17. The van der Waals surface area contributed by atoms with Gasteiger partial charge in [-0.25, -0.2) is 9.78 Å². The van der Waals surface area contributed by atoms with Crippen molar-refractivity contribution in [1.82, 2.24) is 9.55 Å². The Hall–Kier alpha value is -1.43. The highest BCUT2D eigenvalue weighted by molar-refractivity contribution is 7.99. The number of nitrogens with zero attached hydrogens (tertiary/aromatic N) is 2. The first-order valence-electron chi connectivity index (χ1n) is 6.36. The van der Waals surface area contributed by atoms with Gasteiger partial charge in [0.1, 0.15) is 11.6 Å². The van der Waals surface area contributed by atoms with Crippen molar-refractivity contribution >= 4 is 23.5 Å². The molecular weight excluding hydrogens is 262 g/mol. The summed E-state index contributed by atoms with van der Waals surface area (Å²) in [5.74, 6) is 2.57. The number of imidazole rings is 1. The molecule has 19 heavy (non-hydrogen) atoms. The third kappa shape index (κ3) is 4.02. The molecule has 5 nitrogen and oxygen atoms in total. The van der Waals surface area contributed by atoms with Gasteiger partial charge < -0.3 is 15.0 Å². The number of carbonyl (C=O) groups is 1. The van der Waals surface area contributed by atoms with Gasteiger partial charge in [-0.3, -0.25) is 0 Å². The molecule has 0 saturated heterocycles. The SMILES string of the molecule is C=CCSCCn1c(CC)nc(C(=O)OCC)c1N. The molecule has 0 aliphatic rings. The van der Waals surface area contributed by atoms with Crippen LogP contribution in [-0.4, -0.2) is 33.6 Å². The summed E-state index contributed by atoms with van der Waals surface area (Å²) in [5.41, 5.74) is 6.22. The number of hydrogen-bond donors (Lipinski definition) is 1. The molecule has 0 aliphatic carbocycles. The van der Waals surface area contributed by atoms with Crippen LogP contribution >= 0.6 is 11.8 Å². The Kier molecular flexibility index (Phi) is 6.49. The summed E-state index contributed by atoms with van der Waals surface area (Å²) in [6, 6.07) is 0. The van der Waals surface area contributed by atoms with Gasteiger partial charge in [0.15, 0.2) is 5.69 Å². The van der Waals surface area contributed by atoms with Crippen molar-refractivity contribution in [1.29, 1.82) is 0 Å². The topological polar surface area (TPSA) is 70.1 Å². The molecule has 2 N–H and O–H groups in total. The third-order valence-corrected chi connectivity index (χ3v) is 3.51. The lowest BCUT2D eigenvalue weighted by Crippen LogP contribution is -2.11. The molecule has 0 fully saturated rings. The number of aromatic nitrogens is 2. The van der Waals surface area contributed by atoms with E-state index in [4.69, 9.17) is 10.5 Å². The maximum Gasteiger partial charge on any atom is 0.360 e. The predicted octanol–water partition coefficient (Wildman–Crippen LogP) is 2.12. The Labute approximate surface area is 118 Å². The number of hydrogen-bond acceptors (Lipinski definition) is 5. The van der Waals surface area contributed by atoms with Crippen molar-refractivity contribution in [2.45, 2.75) is 26.8 Å². The van der Waals surface area contributed by atoms with E-state index in [0.717, 1.165) is 30.3 Å². The van der Waals surface area contributed by atoms with E-state index in [1.165, 1.54) is 0 Å². The maximum atomic E-state index is 11.7. The molecule has 0 aliphatic heterocycles. The van der Waals surface area contributed by atoms with Gasteiger partial charge in [-0.2, -0.15) is 11.8 Å². The van der Waals surface area contributed by atoms with Gasteiger partial charge in [-0.1, -0.05) is 13.0 Å². The predicted molar refractivity (Wildman–Crippen MR) is 79.5 cm³/mol. The summed E-state index contributed by atoms with van der Waals surface area (Å²) in [4.78, 5) is 16.0. The van der Waals surface area contributed by atoms with E-state index < -0.39 is 5.97 Å². The van der Waals surface area contributed by atoms with Crippen LogP contribution in [-0.2, 0) is 17.7 Å². The van der Waals surface area contributed by atoms with Crippen molar-refractivity contribution in [2.75, 3.05) is 23.8 Å². The standard InChI is InChI=1S/C13H21N3O2S/c1-4-8-19-9-7-16-10(5-2)15-11(12(16)14)13(17)18-6-3/h4H,1,5-9,14H2,2-3H3. The number of nitrogen functional groups attached to an aromatic ring is 1. The Bertz CT molecular complexity index is 443. The van der Waals surface area contributed by atoms with Gasteiger partial charge in [-0.15, -0.1) is 6.58 Å². The lowest BCUT2D eigenvalue weighted by Gasteiger charge is -2.08. The second kappa shape index (κ2) is 7.89. The summed E-state index contributed by atoms with van der Waals surface area (Å²) >= 11 is 1.77. The largest absolute Gasteiger partial charge is 0.461 e. The number of carbonyl (C=O) groups excluding carboxylic acids is 1. The van der Waals surface area contributed by atoms with Gasteiger partial charge in [0.25, 0.3) is 0 Å². The number of ether oxygens (including phenoxy) is 1. The first kappa shape index (κ1) is 15.6. The highest BCUT2D eigenvalue weighted by atomic mass is 32.2. The zero-order valence-corrected chi connectivity index (χ0v) is 12.3. The van der Waals surface area contributed by atoms with Crippen molar-refractivity contribution < 1.29 is 9.53 Å². The first-order chi connectivity index (χ1) is 9.15. The molecule has 106 valence electrons. The molecule has 0 saturated carbocycles. The minimum atomic E-state index is -0.452. The van der Waals surface area contributed by atoms with E-state index in [2.05, 4.69) is 11.6 Å². The van der Waals surface area contributed by atoms with E-state index in [1.807, 2.05) is 17.6 Å². The zero-order valence-electron chi connectivity index (χ0n) is 11.5. The van der Waals surface area contributed by atoms with E-state index >= 15 is 0 Å². The lowest BCUT2D eigenvalue weighted by atomic mass is 10.4. The summed E-state index contributed by atoms with van der Waals surface area (Å²) in [5, 5.41) is 0. The van der Waals surface area contributed by atoms with Crippen LogP contribution < -0.4 is 5.73 Å². The van der Waals surface area contributed by atoms with Crippen LogP contribution in [0, 0.1) is 0 Å². The maximum absolute atomic E-state index is 11.7. The first-order valence-corrected chi connectivity index (χ1v) is 7.51. The van der Waals surface area contributed by atoms with Gasteiger partial charge in [0.05, 0.1) is 6.61 Å². The van der Waals surface area contributed by atoms with Gasteiger partial charge in [0, 0.05) is 24.5 Å². The summed E-state index contributed by atoms with van der Waals surface area (Å²) in [7, 11) is 0. The van der Waals surface area contributed by atoms with Crippen molar-refractivity contribution in [3.8, 4) is 0 Å². The van der Waals surface area contributed by atoms with Crippen LogP contribution in [0.15, 0.2) is 12.7 Å². The molecule has 0 atom stereocenters. The van der Waals surface area contributed by atoms with Crippen molar-refractivity contribution in [3.05, 3.63) is 24.2 Å². The monoisotopic (exact) mass is 283 g/mol. The van der Waals surface area contributed by atoms with Crippen molar-refractivity contribution in [3.63, 3.8) is 0 Å². The Morgan fingerprint density at radius 1 is 1.58 bits per heavy atom. The molecule has 6 heteroatoms. The highest BCUT2D eigenvalue weighted by Gasteiger charge is 2.20. The van der Waals surface area contributed by atoms with E-state index in [9.17, 15) is 4.79 Å². The number of aryl methyl sites for hydroxylation is 1. The third-order valence-electron chi connectivity index (χ3n) is 2.57. The second-order valence-electron chi connectivity index (χ2n) is 3.85.